The Morgan fingerprint density at radius 2 is 1.68 bits per heavy atom. The summed E-state index contributed by atoms with van der Waals surface area (Å²) in [6.45, 7) is 9.66. The lowest BCUT2D eigenvalue weighted by Crippen LogP contribution is -2.28. The molecule has 0 amide bonds. The van der Waals surface area contributed by atoms with Gasteiger partial charge in [0.05, 0.1) is 5.39 Å². The maximum Gasteiger partial charge on any atom is 0.344 e. The molecule has 0 aliphatic carbocycles. The summed E-state index contributed by atoms with van der Waals surface area (Å²) in [5.74, 6) is -4.33. The van der Waals surface area contributed by atoms with Crippen molar-refractivity contribution in [1.82, 2.24) is 0 Å². The van der Waals surface area contributed by atoms with E-state index in [4.69, 9.17) is 4.42 Å². The number of alkyl halides is 2. The van der Waals surface area contributed by atoms with Crippen LogP contribution in [0.1, 0.15) is 74.5 Å². The summed E-state index contributed by atoms with van der Waals surface area (Å²) in [4.78, 5) is 12.6. The highest BCUT2D eigenvalue weighted by molar-refractivity contribution is 5.85. The molecule has 0 bridgehead atoms. The first-order valence-electron chi connectivity index (χ1n) is 11.2. The van der Waals surface area contributed by atoms with Crippen LogP contribution < -0.4 is 5.63 Å². The van der Waals surface area contributed by atoms with Gasteiger partial charge < -0.3 is 4.42 Å². The molecule has 2 aromatic carbocycles. The van der Waals surface area contributed by atoms with Crippen molar-refractivity contribution in [2.45, 2.75) is 72.1 Å². The monoisotopic (exact) mass is 426 g/mol. The van der Waals surface area contributed by atoms with Crippen molar-refractivity contribution in [2.24, 2.45) is 5.92 Å². The third-order valence-electron chi connectivity index (χ3n) is 6.08. The summed E-state index contributed by atoms with van der Waals surface area (Å²) in [5.41, 5.74) is 2.74. The number of unbranched alkanes of at least 4 members (excludes halogenated alkanes) is 1. The molecule has 0 aliphatic rings. The molecule has 166 valence electrons. The average molecular weight is 427 g/mol. The van der Waals surface area contributed by atoms with Crippen LogP contribution in [0.15, 0.2) is 51.7 Å². The normalized spacial score (nSPS) is 13.2. The first-order chi connectivity index (χ1) is 14.6. The summed E-state index contributed by atoms with van der Waals surface area (Å²) in [6.07, 6.45) is 2.29. The quantitative estimate of drug-likeness (QED) is 0.372. The lowest BCUT2D eigenvalue weighted by molar-refractivity contribution is -0.0790. The fourth-order valence-electron chi connectivity index (χ4n) is 4.03. The molecule has 0 spiro atoms. The predicted octanol–water partition coefficient (Wildman–Crippen LogP) is 7.54. The molecule has 0 saturated heterocycles. The van der Waals surface area contributed by atoms with Gasteiger partial charge in [0.2, 0.25) is 0 Å². The van der Waals surface area contributed by atoms with E-state index in [1.807, 2.05) is 50.2 Å². The minimum absolute atomic E-state index is 0.203. The lowest BCUT2D eigenvalue weighted by Gasteiger charge is -2.25. The van der Waals surface area contributed by atoms with E-state index in [0.717, 1.165) is 24.0 Å². The number of halogens is 2. The summed E-state index contributed by atoms with van der Waals surface area (Å²) < 4.78 is 36.7. The second kappa shape index (κ2) is 9.33. The molecule has 2 nitrogen and oxygen atoms in total. The van der Waals surface area contributed by atoms with Crippen molar-refractivity contribution >= 4 is 10.8 Å². The SMILES string of the molecule is CCCCc1c(C(F)(F)C(C)Cc2ccc(C(C)C)cc2)oc(=O)c2ccc(C)cc12. The highest BCUT2D eigenvalue weighted by atomic mass is 19.3. The second-order valence-electron chi connectivity index (χ2n) is 8.97. The van der Waals surface area contributed by atoms with E-state index >= 15 is 8.78 Å². The van der Waals surface area contributed by atoms with Gasteiger partial charge in [-0.25, -0.2) is 4.79 Å². The Morgan fingerprint density at radius 1 is 1.00 bits per heavy atom. The molecular formula is C27H32F2O2. The van der Waals surface area contributed by atoms with Crippen molar-refractivity contribution in [3.05, 3.63) is 80.9 Å². The van der Waals surface area contributed by atoms with Gasteiger partial charge in [0.15, 0.2) is 5.76 Å². The highest BCUT2D eigenvalue weighted by Crippen LogP contribution is 2.41. The molecule has 0 saturated carbocycles. The Hall–Kier alpha value is -2.49. The van der Waals surface area contributed by atoms with E-state index in [2.05, 4.69) is 13.8 Å². The van der Waals surface area contributed by atoms with Crippen molar-refractivity contribution in [3.8, 4) is 0 Å². The van der Waals surface area contributed by atoms with Crippen LogP contribution in [0.2, 0.25) is 0 Å². The van der Waals surface area contributed by atoms with Crippen LogP contribution in [0.5, 0.6) is 0 Å². The van der Waals surface area contributed by atoms with Crippen LogP contribution in [-0.4, -0.2) is 0 Å². The molecule has 1 atom stereocenters. The molecule has 31 heavy (non-hydrogen) atoms. The Morgan fingerprint density at radius 3 is 2.29 bits per heavy atom. The van der Waals surface area contributed by atoms with E-state index < -0.39 is 23.2 Å². The van der Waals surface area contributed by atoms with Crippen LogP contribution in [0, 0.1) is 12.8 Å². The summed E-state index contributed by atoms with van der Waals surface area (Å²) in [6, 6.07) is 13.1. The van der Waals surface area contributed by atoms with Gasteiger partial charge in [0, 0.05) is 11.5 Å². The van der Waals surface area contributed by atoms with E-state index in [9.17, 15) is 4.79 Å². The first kappa shape index (κ1) is 23.2. The van der Waals surface area contributed by atoms with Gasteiger partial charge in [0.1, 0.15) is 0 Å². The fourth-order valence-corrected chi connectivity index (χ4v) is 4.03. The summed E-state index contributed by atoms with van der Waals surface area (Å²) >= 11 is 0. The average Bonchev–Trinajstić information content (AvgIpc) is 2.73. The first-order valence-corrected chi connectivity index (χ1v) is 11.2. The number of fused-ring (bicyclic) bond motifs is 1. The molecule has 4 heteroatoms. The maximum absolute atomic E-state index is 15.7. The third kappa shape index (κ3) is 4.89. The lowest BCUT2D eigenvalue weighted by atomic mass is 9.88. The molecule has 3 rings (SSSR count). The standard InChI is InChI=1S/C27H32F2O2/c1-6-7-8-22-24-15-18(4)9-14-23(24)26(30)31-25(22)27(28,29)19(5)16-20-10-12-21(13-11-20)17(2)3/h9-15,17,19H,6-8,16H2,1-5H3. The fraction of sp³-hybridized carbons (Fsp3) is 0.444. The van der Waals surface area contributed by atoms with Gasteiger partial charge in [-0.05, 0) is 54.7 Å². The van der Waals surface area contributed by atoms with Crippen LogP contribution in [0.4, 0.5) is 8.78 Å². The third-order valence-corrected chi connectivity index (χ3v) is 6.08. The Labute approximate surface area is 183 Å². The van der Waals surface area contributed by atoms with Crippen molar-refractivity contribution in [1.29, 1.82) is 0 Å². The number of aryl methyl sites for hydroxylation is 2. The zero-order valence-electron chi connectivity index (χ0n) is 19.1. The van der Waals surface area contributed by atoms with E-state index in [0.29, 0.717) is 28.7 Å². The molecule has 1 aromatic heterocycles. The molecule has 1 heterocycles. The van der Waals surface area contributed by atoms with Gasteiger partial charge in [0.25, 0.3) is 0 Å². The smallest absolute Gasteiger partial charge is 0.344 e. The zero-order valence-corrected chi connectivity index (χ0v) is 19.1. The molecule has 0 radical (unpaired) electrons. The van der Waals surface area contributed by atoms with Crippen LogP contribution >= 0.6 is 0 Å². The number of hydrogen-bond donors (Lipinski definition) is 0. The summed E-state index contributed by atoms with van der Waals surface area (Å²) in [5, 5.41) is 0.959. The zero-order chi connectivity index (χ0) is 22.8. The second-order valence-corrected chi connectivity index (χ2v) is 8.97. The van der Waals surface area contributed by atoms with Gasteiger partial charge in [-0.3, -0.25) is 0 Å². The molecular weight excluding hydrogens is 394 g/mol. The van der Waals surface area contributed by atoms with Crippen LogP contribution in [0.25, 0.3) is 10.8 Å². The number of hydrogen-bond acceptors (Lipinski definition) is 2. The summed E-state index contributed by atoms with van der Waals surface area (Å²) in [7, 11) is 0. The van der Waals surface area contributed by atoms with Crippen molar-refractivity contribution in [3.63, 3.8) is 0 Å². The highest BCUT2D eigenvalue weighted by Gasteiger charge is 2.43. The Balaban J connectivity index is 2.03. The Kier molecular flexibility index (Phi) is 6.98. The van der Waals surface area contributed by atoms with Crippen LogP contribution in [-0.2, 0) is 18.8 Å². The van der Waals surface area contributed by atoms with Gasteiger partial charge in [-0.1, -0.05) is 76.1 Å². The molecule has 0 N–H and O–H groups in total. The van der Waals surface area contributed by atoms with Gasteiger partial charge >= 0.3 is 11.5 Å². The van der Waals surface area contributed by atoms with Crippen molar-refractivity contribution < 1.29 is 13.2 Å². The minimum atomic E-state index is -3.25. The molecule has 0 aliphatic heterocycles. The minimum Gasteiger partial charge on any atom is -0.421 e. The molecule has 0 fully saturated rings. The Bertz CT molecular complexity index is 1090. The largest absolute Gasteiger partial charge is 0.421 e. The molecule has 3 aromatic rings. The predicted molar refractivity (Wildman–Crippen MR) is 123 cm³/mol. The van der Waals surface area contributed by atoms with Gasteiger partial charge in [-0.2, -0.15) is 8.78 Å². The number of rotatable bonds is 8. The van der Waals surface area contributed by atoms with E-state index in [-0.39, 0.29) is 6.42 Å². The van der Waals surface area contributed by atoms with E-state index in [1.165, 1.54) is 12.5 Å². The molecule has 1 unspecified atom stereocenters. The van der Waals surface area contributed by atoms with Gasteiger partial charge in [-0.15, -0.1) is 0 Å². The maximum atomic E-state index is 15.7. The van der Waals surface area contributed by atoms with Crippen LogP contribution in [0.3, 0.4) is 0 Å². The number of benzene rings is 2. The topological polar surface area (TPSA) is 30.2 Å². The van der Waals surface area contributed by atoms with Crippen molar-refractivity contribution in [2.75, 3.05) is 0 Å². The van der Waals surface area contributed by atoms with E-state index in [1.54, 1.807) is 6.07 Å².